The summed E-state index contributed by atoms with van der Waals surface area (Å²) < 4.78 is 12.0. The number of phenols is 2. The maximum atomic E-state index is 12.6. The zero-order valence-corrected chi connectivity index (χ0v) is 13.9. The van der Waals surface area contributed by atoms with Gasteiger partial charge in [-0.15, -0.1) is 0 Å². The van der Waals surface area contributed by atoms with Gasteiger partial charge in [-0.3, -0.25) is 4.79 Å². The van der Waals surface area contributed by atoms with E-state index >= 15 is 0 Å². The Morgan fingerprint density at radius 2 is 1.88 bits per heavy atom. The van der Waals surface area contributed by atoms with Gasteiger partial charge in [0.2, 0.25) is 0 Å². The van der Waals surface area contributed by atoms with Crippen molar-refractivity contribution >= 4 is 11.9 Å². The minimum atomic E-state index is -0.497. The fourth-order valence-electron chi connectivity index (χ4n) is 3.20. The molecule has 0 saturated carbocycles. The highest BCUT2D eigenvalue weighted by molar-refractivity contribution is 6.04. The van der Waals surface area contributed by atoms with Gasteiger partial charge in [-0.05, 0) is 43.7 Å². The SMILES string of the molecule is CC1(C)C=Cc2c(cc(O)c3c2OC(c2ccc(O)cc2)CC3=O)O1. The number of carbonyl (C=O) groups is 1. The lowest BCUT2D eigenvalue weighted by atomic mass is 9.91. The molecular formula is C20H18O5. The molecule has 1 atom stereocenters. The van der Waals surface area contributed by atoms with Gasteiger partial charge in [0.05, 0.1) is 12.0 Å². The first-order valence-electron chi connectivity index (χ1n) is 8.11. The van der Waals surface area contributed by atoms with Crippen molar-refractivity contribution in [3.8, 4) is 23.0 Å². The Bertz CT molecular complexity index is 893. The largest absolute Gasteiger partial charge is 0.508 e. The number of phenolic OH excluding ortho intramolecular Hbond substituents is 2. The molecule has 2 aliphatic rings. The zero-order valence-electron chi connectivity index (χ0n) is 13.9. The molecule has 2 aromatic carbocycles. The van der Waals surface area contributed by atoms with Gasteiger partial charge in [-0.2, -0.15) is 0 Å². The number of hydrogen-bond acceptors (Lipinski definition) is 5. The van der Waals surface area contributed by atoms with Crippen molar-refractivity contribution in [2.24, 2.45) is 0 Å². The van der Waals surface area contributed by atoms with E-state index in [-0.39, 0.29) is 29.3 Å². The third-order valence-electron chi connectivity index (χ3n) is 4.46. The fourth-order valence-corrected chi connectivity index (χ4v) is 3.20. The molecule has 0 saturated heterocycles. The standard InChI is InChI=1S/C20H18O5/c1-20(2)8-7-13-17(25-20)10-15(23)18-14(22)9-16(24-19(13)18)11-3-5-12(21)6-4-11/h3-8,10,16,21,23H,9H2,1-2H3. The quantitative estimate of drug-likeness (QED) is 0.822. The summed E-state index contributed by atoms with van der Waals surface area (Å²) in [4.78, 5) is 12.6. The second-order valence-corrected chi connectivity index (χ2v) is 6.88. The summed E-state index contributed by atoms with van der Waals surface area (Å²) in [5, 5.41) is 19.8. The first kappa shape index (κ1) is 15.6. The molecule has 5 nitrogen and oxygen atoms in total. The van der Waals surface area contributed by atoms with E-state index in [0.717, 1.165) is 5.56 Å². The second-order valence-electron chi connectivity index (χ2n) is 6.88. The molecule has 0 spiro atoms. The van der Waals surface area contributed by atoms with Crippen LogP contribution in [-0.4, -0.2) is 21.6 Å². The van der Waals surface area contributed by atoms with Crippen molar-refractivity contribution in [1.82, 2.24) is 0 Å². The molecule has 0 bridgehead atoms. The summed E-state index contributed by atoms with van der Waals surface area (Å²) in [7, 11) is 0. The Hall–Kier alpha value is -2.95. The van der Waals surface area contributed by atoms with Crippen LogP contribution in [0.3, 0.4) is 0 Å². The van der Waals surface area contributed by atoms with Crippen LogP contribution in [0.25, 0.3) is 6.08 Å². The molecule has 0 radical (unpaired) electrons. The summed E-state index contributed by atoms with van der Waals surface area (Å²) in [6.07, 6.45) is 3.41. The van der Waals surface area contributed by atoms with Gasteiger partial charge in [-0.1, -0.05) is 12.1 Å². The first-order valence-corrected chi connectivity index (χ1v) is 8.11. The highest BCUT2D eigenvalue weighted by Gasteiger charge is 2.35. The minimum Gasteiger partial charge on any atom is -0.508 e. The van der Waals surface area contributed by atoms with Crippen molar-refractivity contribution in [1.29, 1.82) is 0 Å². The summed E-state index contributed by atoms with van der Waals surface area (Å²) in [5.74, 6) is 0.672. The van der Waals surface area contributed by atoms with Crippen LogP contribution in [-0.2, 0) is 0 Å². The topological polar surface area (TPSA) is 76.0 Å². The van der Waals surface area contributed by atoms with Gasteiger partial charge in [0, 0.05) is 6.07 Å². The van der Waals surface area contributed by atoms with Crippen molar-refractivity contribution in [3.05, 3.63) is 53.1 Å². The van der Waals surface area contributed by atoms with E-state index in [1.54, 1.807) is 24.3 Å². The number of carbonyl (C=O) groups excluding carboxylic acids is 1. The predicted molar refractivity (Wildman–Crippen MR) is 92.3 cm³/mol. The number of hydrogen-bond donors (Lipinski definition) is 2. The van der Waals surface area contributed by atoms with Gasteiger partial charge >= 0.3 is 0 Å². The molecule has 1 unspecified atom stereocenters. The Labute approximate surface area is 145 Å². The number of benzene rings is 2. The lowest BCUT2D eigenvalue weighted by Crippen LogP contribution is -2.29. The summed E-state index contributed by atoms with van der Waals surface area (Å²) in [5.41, 5.74) is 1.14. The fraction of sp³-hybridized carbons (Fsp3) is 0.250. The Balaban J connectivity index is 1.81. The monoisotopic (exact) mass is 338 g/mol. The number of ketones is 1. The molecule has 2 heterocycles. The van der Waals surface area contributed by atoms with E-state index < -0.39 is 11.7 Å². The molecule has 4 rings (SSSR count). The third kappa shape index (κ3) is 2.61. The van der Waals surface area contributed by atoms with E-state index in [1.807, 2.05) is 26.0 Å². The van der Waals surface area contributed by atoms with Crippen LogP contribution in [0.4, 0.5) is 0 Å². The molecule has 0 fully saturated rings. The first-order chi connectivity index (χ1) is 11.8. The molecule has 2 aromatic rings. The average molecular weight is 338 g/mol. The van der Waals surface area contributed by atoms with Crippen molar-refractivity contribution < 1.29 is 24.5 Å². The van der Waals surface area contributed by atoms with Crippen LogP contribution in [0, 0.1) is 0 Å². The van der Waals surface area contributed by atoms with Crippen LogP contribution < -0.4 is 9.47 Å². The van der Waals surface area contributed by atoms with Crippen LogP contribution in [0.2, 0.25) is 0 Å². The van der Waals surface area contributed by atoms with Crippen LogP contribution >= 0.6 is 0 Å². The van der Waals surface area contributed by atoms with E-state index in [0.29, 0.717) is 17.1 Å². The van der Waals surface area contributed by atoms with Crippen molar-refractivity contribution in [2.45, 2.75) is 32.0 Å². The summed E-state index contributed by atoms with van der Waals surface area (Å²) in [6.45, 7) is 3.82. The lowest BCUT2D eigenvalue weighted by molar-refractivity contribution is 0.0841. The van der Waals surface area contributed by atoms with Crippen LogP contribution in [0.15, 0.2) is 36.4 Å². The van der Waals surface area contributed by atoms with Gasteiger partial charge < -0.3 is 19.7 Å². The molecule has 128 valence electrons. The lowest BCUT2D eigenvalue weighted by Gasteiger charge is -2.32. The Morgan fingerprint density at radius 1 is 1.16 bits per heavy atom. The van der Waals surface area contributed by atoms with Crippen LogP contribution in [0.5, 0.6) is 23.0 Å². The number of ether oxygens (including phenoxy) is 2. The number of aromatic hydroxyl groups is 2. The highest BCUT2D eigenvalue weighted by Crippen LogP contribution is 2.48. The maximum Gasteiger partial charge on any atom is 0.174 e. The summed E-state index contributed by atoms with van der Waals surface area (Å²) >= 11 is 0. The number of rotatable bonds is 1. The molecule has 0 amide bonds. The molecular weight excluding hydrogens is 320 g/mol. The molecule has 5 heteroatoms. The second kappa shape index (κ2) is 5.28. The normalized spacial score (nSPS) is 20.2. The van der Waals surface area contributed by atoms with Crippen molar-refractivity contribution in [2.75, 3.05) is 0 Å². The zero-order chi connectivity index (χ0) is 17.8. The smallest absolute Gasteiger partial charge is 0.174 e. The number of fused-ring (bicyclic) bond motifs is 3. The Morgan fingerprint density at radius 3 is 2.60 bits per heavy atom. The molecule has 2 aliphatic heterocycles. The van der Waals surface area contributed by atoms with E-state index in [1.165, 1.54) is 6.07 Å². The molecule has 2 N–H and O–H groups in total. The maximum absolute atomic E-state index is 12.6. The minimum absolute atomic E-state index is 0.125. The molecule has 25 heavy (non-hydrogen) atoms. The number of Topliss-reactive ketones (excluding diaryl/α,β-unsaturated/α-hetero) is 1. The average Bonchev–Trinajstić information content (AvgIpc) is 2.53. The van der Waals surface area contributed by atoms with E-state index in [9.17, 15) is 15.0 Å². The predicted octanol–water partition coefficient (Wildman–Crippen LogP) is 3.99. The molecule has 0 aliphatic carbocycles. The summed E-state index contributed by atoms with van der Waals surface area (Å²) in [6, 6.07) is 8.04. The third-order valence-corrected chi connectivity index (χ3v) is 4.46. The Kier molecular flexibility index (Phi) is 3.29. The highest BCUT2D eigenvalue weighted by atomic mass is 16.5. The van der Waals surface area contributed by atoms with E-state index in [4.69, 9.17) is 9.47 Å². The van der Waals surface area contributed by atoms with E-state index in [2.05, 4.69) is 0 Å². The van der Waals surface area contributed by atoms with Gasteiger partial charge in [0.25, 0.3) is 0 Å². The van der Waals surface area contributed by atoms with Gasteiger partial charge in [0.1, 0.15) is 40.3 Å². The van der Waals surface area contributed by atoms with Crippen LogP contribution in [0.1, 0.15) is 47.9 Å². The molecule has 0 aromatic heterocycles. The van der Waals surface area contributed by atoms with Gasteiger partial charge in [-0.25, -0.2) is 0 Å². The van der Waals surface area contributed by atoms with Gasteiger partial charge in [0.15, 0.2) is 5.78 Å². The van der Waals surface area contributed by atoms with Crippen molar-refractivity contribution in [3.63, 3.8) is 0 Å².